The average molecular weight is 632 g/mol. The first-order chi connectivity index (χ1) is 20.9. The summed E-state index contributed by atoms with van der Waals surface area (Å²) in [6, 6.07) is 7.20. The van der Waals surface area contributed by atoms with E-state index >= 15 is 0 Å². The van der Waals surface area contributed by atoms with Crippen molar-refractivity contribution in [2.24, 2.45) is 7.05 Å². The van der Waals surface area contributed by atoms with E-state index in [1.807, 2.05) is 0 Å². The van der Waals surface area contributed by atoms with Gasteiger partial charge >= 0.3 is 5.69 Å². The van der Waals surface area contributed by atoms with E-state index < -0.39 is 47.5 Å². The highest BCUT2D eigenvalue weighted by molar-refractivity contribution is 6.34. The zero-order valence-electron chi connectivity index (χ0n) is 22.7. The van der Waals surface area contributed by atoms with Crippen LogP contribution in [0.3, 0.4) is 0 Å². The van der Waals surface area contributed by atoms with Crippen molar-refractivity contribution >= 4 is 33.5 Å². The van der Waals surface area contributed by atoms with E-state index in [0.717, 1.165) is 21.3 Å². The number of H-pyrrole nitrogens is 1. The number of aromatic nitrogens is 7. The molecule has 0 unspecified atom stereocenters. The minimum absolute atomic E-state index is 0.00177. The lowest BCUT2D eigenvalue weighted by Gasteiger charge is -2.17. The van der Waals surface area contributed by atoms with Crippen molar-refractivity contribution in [3.05, 3.63) is 103 Å². The third-order valence-corrected chi connectivity index (χ3v) is 7.26. The largest absolute Gasteiger partial charge is 0.496 e. The van der Waals surface area contributed by atoms with Crippen molar-refractivity contribution in [1.82, 2.24) is 33.9 Å². The molecule has 0 bridgehead atoms. The van der Waals surface area contributed by atoms with Crippen LogP contribution in [0.15, 0.2) is 52.3 Å². The van der Waals surface area contributed by atoms with Crippen LogP contribution in [0.25, 0.3) is 33.1 Å². The van der Waals surface area contributed by atoms with E-state index in [9.17, 15) is 31.5 Å². The first-order valence-electron chi connectivity index (χ1n) is 12.8. The van der Waals surface area contributed by atoms with Gasteiger partial charge in [-0.05, 0) is 47.5 Å². The number of fused-ring (bicyclic) bond motifs is 2. The Kier molecular flexibility index (Phi) is 7.19. The Balaban J connectivity index is 1.63. The third-order valence-electron chi connectivity index (χ3n) is 6.95. The normalized spacial score (nSPS) is 11.8. The molecule has 0 spiro atoms. The van der Waals surface area contributed by atoms with Gasteiger partial charge in [0.05, 0.1) is 41.8 Å². The van der Waals surface area contributed by atoms with Gasteiger partial charge < -0.3 is 9.72 Å². The first kappa shape index (κ1) is 29.0. The van der Waals surface area contributed by atoms with Crippen molar-refractivity contribution < 1.29 is 26.7 Å². The quantitative estimate of drug-likeness (QED) is 0.197. The molecule has 0 amide bonds. The van der Waals surface area contributed by atoms with E-state index in [2.05, 4.69) is 20.1 Å². The number of hydrogen-bond donors (Lipinski definition) is 1. The van der Waals surface area contributed by atoms with E-state index in [1.165, 1.54) is 42.4 Å². The summed E-state index contributed by atoms with van der Waals surface area (Å²) in [5.74, 6) is -5.04. The third kappa shape index (κ3) is 4.98. The number of ether oxygens (including phenoxy) is 1. The molecule has 10 nitrogen and oxygen atoms in total. The van der Waals surface area contributed by atoms with Crippen LogP contribution in [0.5, 0.6) is 5.75 Å². The highest BCUT2D eigenvalue weighted by Gasteiger charge is 2.22. The number of methoxy groups -OCH3 is 1. The van der Waals surface area contributed by atoms with Gasteiger partial charge in [0.2, 0.25) is 0 Å². The van der Waals surface area contributed by atoms with Crippen LogP contribution in [0.1, 0.15) is 23.6 Å². The van der Waals surface area contributed by atoms with Crippen molar-refractivity contribution in [3.63, 3.8) is 0 Å². The number of hydrogen-bond acceptors (Lipinski definition) is 6. The molecule has 0 radical (unpaired) electrons. The molecular weight excluding hydrogens is 613 g/mol. The van der Waals surface area contributed by atoms with Gasteiger partial charge in [0.1, 0.15) is 17.5 Å². The van der Waals surface area contributed by atoms with E-state index in [1.54, 1.807) is 7.05 Å². The van der Waals surface area contributed by atoms with Crippen molar-refractivity contribution in [1.29, 1.82) is 0 Å². The molecule has 0 saturated carbocycles. The lowest BCUT2D eigenvalue weighted by atomic mass is 10.0. The van der Waals surface area contributed by atoms with Gasteiger partial charge in [-0.2, -0.15) is 5.10 Å². The van der Waals surface area contributed by atoms with Crippen molar-refractivity contribution in [2.45, 2.75) is 19.5 Å². The summed E-state index contributed by atoms with van der Waals surface area (Å²) in [4.78, 5) is 38.1. The molecule has 0 atom stereocenters. The molecule has 226 valence electrons. The zero-order valence-corrected chi connectivity index (χ0v) is 23.5. The minimum Gasteiger partial charge on any atom is -0.496 e. The maximum Gasteiger partial charge on any atom is 0.332 e. The van der Waals surface area contributed by atoms with Gasteiger partial charge in [0.25, 0.3) is 12.0 Å². The van der Waals surface area contributed by atoms with Gasteiger partial charge in [0, 0.05) is 12.6 Å². The maximum absolute atomic E-state index is 14.2. The molecule has 3 aromatic carbocycles. The highest BCUT2D eigenvalue weighted by atomic mass is 35.5. The molecule has 0 aliphatic carbocycles. The average Bonchev–Trinajstić information content (AvgIpc) is 3.60. The van der Waals surface area contributed by atoms with Crippen LogP contribution in [-0.4, -0.2) is 41.0 Å². The van der Waals surface area contributed by atoms with Crippen LogP contribution >= 0.6 is 11.6 Å². The second-order valence-corrected chi connectivity index (χ2v) is 10.2. The summed E-state index contributed by atoms with van der Waals surface area (Å²) in [6.07, 6.45) is -1.48. The monoisotopic (exact) mass is 631 g/mol. The summed E-state index contributed by atoms with van der Waals surface area (Å²) < 4.78 is 77.4. The topological polar surface area (TPSA) is 113 Å². The Labute approximate surface area is 247 Å². The number of nitrogens with one attached hydrogen (secondary N) is 1. The van der Waals surface area contributed by atoms with Crippen LogP contribution in [0, 0.1) is 17.5 Å². The summed E-state index contributed by atoms with van der Waals surface area (Å²) in [7, 11) is 2.89. The Bertz CT molecular complexity index is 2200. The van der Waals surface area contributed by atoms with Crippen LogP contribution in [0.2, 0.25) is 5.02 Å². The Morgan fingerprint density at radius 1 is 1.00 bits per heavy atom. The van der Waals surface area contributed by atoms with E-state index in [4.69, 9.17) is 16.3 Å². The maximum atomic E-state index is 14.2. The molecule has 0 saturated heterocycles. The van der Waals surface area contributed by atoms with Crippen LogP contribution < -0.4 is 16.0 Å². The van der Waals surface area contributed by atoms with Gasteiger partial charge in [-0.25, -0.2) is 36.7 Å². The summed E-state index contributed by atoms with van der Waals surface area (Å²) in [5.41, 5.74) is -0.778. The first-order valence-corrected chi connectivity index (χ1v) is 13.1. The number of aryl methyl sites for hydroxylation is 1. The molecule has 0 aliphatic heterocycles. The molecule has 6 rings (SSSR count). The fourth-order valence-electron chi connectivity index (χ4n) is 4.96. The molecule has 1 N–H and O–H groups in total. The lowest BCUT2D eigenvalue weighted by molar-refractivity contribution is 0.142. The number of halogens is 6. The second kappa shape index (κ2) is 10.9. The van der Waals surface area contributed by atoms with Crippen molar-refractivity contribution in [3.8, 4) is 16.9 Å². The smallest absolute Gasteiger partial charge is 0.332 e. The van der Waals surface area contributed by atoms with E-state index in [-0.39, 0.29) is 50.6 Å². The molecule has 6 aromatic rings. The summed E-state index contributed by atoms with van der Waals surface area (Å²) in [5, 5.41) is 4.16. The fourth-order valence-corrected chi connectivity index (χ4v) is 5.24. The molecule has 16 heteroatoms. The number of benzene rings is 3. The Morgan fingerprint density at radius 3 is 2.36 bits per heavy atom. The number of aromatic amines is 1. The molecule has 3 aromatic heterocycles. The second-order valence-electron chi connectivity index (χ2n) is 9.81. The number of alkyl halides is 2. The lowest BCUT2D eigenvalue weighted by Crippen LogP contribution is -2.41. The zero-order chi connectivity index (χ0) is 31.4. The SMILES string of the molecule is COc1cc(-c2cc3nc(C(F)F)[nH]c3cc2Cl)cc2c1c(=O)n(Cc1ncn(C)n1)c(=O)n2Cc1cc(F)c(F)c(F)c1. The minimum atomic E-state index is -2.86. The summed E-state index contributed by atoms with van der Waals surface area (Å²) >= 11 is 6.53. The van der Waals surface area contributed by atoms with Crippen molar-refractivity contribution in [2.75, 3.05) is 7.11 Å². The van der Waals surface area contributed by atoms with Crippen LogP contribution in [-0.2, 0) is 20.1 Å². The highest BCUT2D eigenvalue weighted by Crippen LogP contribution is 2.37. The standard InChI is InChI=1S/C28H19ClF5N7O3/c1-39-11-35-22(38-39)10-41-27(42)23-20(40(28(41)43)9-12-3-16(30)24(32)17(31)4-12)5-13(6-21(23)44-2)14-7-18-19(8-15(14)29)37-26(36-18)25(33)34/h3-8,11,25H,9-10H2,1-2H3,(H,36,37). The predicted octanol–water partition coefficient (Wildman–Crippen LogP) is 4.95. The van der Waals surface area contributed by atoms with E-state index in [0.29, 0.717) is 11.1 Å². The van der Waals surface area contributed by atoms with Gasteiger partial charge in [-0.3, -0.25) is 18.6 Å². The number of imidazole rings is 1. The fraction of sp³-hybridized carbons (Fsp3) is 0.179. The molecule has 3 heterocycles. The van der Waals surface area contributed by atoms with Crippen LogP contribution in [0.4, 0.5) is 22.0 Å². The molecular formula is C28H19ClF5N7O3. The Morgan fingerprint density at radius 2 is 1.73 bits per heavy atom. The van der Waals surface area contributed by atoms with Gasteiger partial charge in [0.15, 0.2) is 29.1 Å². The van der Waals surface area contributed by atoms with Gasteiger partial charge in [-0.15, -0.1) is 0 Å². The predicted molar refractivity (Wildman–Crippen MR) is 150 cm³/mol. The number of rotatable bonds is 7. The summed E-state index contributed by atoms with van der Waals surface area (Å²) in [6.45, 7) is -0.838. The Hall–Kier alpha value is -5.05. The molecule has 0 fully saturated rings. The van der Waals surface area contributed by atoms with Gasteiger partial charge in [-0.1, -0.05) is 11.6 Å². The molecule has 44 heavy (non-hydrogen) atoms. The number of nitrogens with zero attached hydrogens (tertiary/aromatic N) is 6. The molecule has 0 aliphatic rings.